The number of carbonyl (C=O) groups is 3. The van der Waals surface area contributed by atoms with Crippen LogP contribution in [-0.4, -0.2) is 30.1 Å². The number of amides is 3. The zero-order valence-corrected chi connectivity index (χ0v) is 19.2. The van der Waals surface area contributed by atoms with E-state index in [1.54, 1.807) is 45.0 Å². The molecule has 3 N–H and O–H groups in total. The number of benzene rings is 2. The molecule has 8 heteroatoms. The first-order valence-corrected chi connectivity index (χ1v) is 10.6. The second-order valence-corrected chi connectivity index (χ2v) is 8.40. The van der Waals surface area contributed by atoms with Crippen LogP contribution in [0.15, 0.2) is 54.6 Å². The number of rotatable bonds is 8. The molecule has 0 spiro atoms. The van der Waals surface area contributed by atoms with Gasteiger partial charge in [0.15, 0.2) is 0 Å². The van der Waals surface area contributed by atoms with Gasteiger partial charge in [0, 0.05) is 36.3 Å². The molecule has 2 aromatic rings. The molecule has 0 unspecified atom stereocenters. The van der Waals surface area contributed by atoms with Gasteiger partial charge in [0.25, 0.3) is 0 Å². The number of hydrogen-bond acceptors (Lipinski definition) is 4. The van der Waals surface area contributed by atoms with Crippen LogP contribution in [0.5, 0.6) is 0 Å². The van der Waals surface area contributed by atoms with Crippen molar-refractivity contribution in [2.45, 2.75) is 39.3 Å². The molecule has 0 aliphatic carbocycles. The molecule has 170 valence electrons. The van der Waals surface area contributed by atoms with Crippen molar-refractivity contribution in [3.8, 4) is 0 Å². The predicted octanol–water partition coefficient (Wildman–Crippen LogP) is 4.52. The first-order valence-electron chi connectivity index (χ1n) is 10.2. The summed E-state index contributed by atoms with van der Waals surface area (Å²) >= 11 is 6.07. The van der Waals surface area contributed by atoms with E-state index in [4.69, 9.17) is 16.3 Å². The fraction of sp³-hybridized carbons (Fsp3) is 0.292. The summed E-state index contributed by atoms with van der Waals surface area (Å²) in [5, 5.41) is 8.67. The Labute approximate surface area is 193 Å². The summed E-state index contributed by atoms with van der Waals surface area (Å²) < 4.78 is 5.11. The molecule has 7 nitrogen and oxygen atoms in total. The van der Waals surface area contributed by atoms with Gasteiger partial charge in [0.1, 0.15) is 5.60 Å². The summed E-state index contributed by atoms with van der Waals surface area (Å²) in [4.78, 5) is 35.6. The Morgan fingerprint density at radius 3 is 2.34 bits per heavy atom. The minimum atomic E-state index is -0.579. The number of anilines is 1. The Bertz CT molecular complexity index is 966. The van der Waals surface area contributed by atoms with Crippen molar-refractivity contribution in [1.82, 2.24) is 10.6 Å². The number of halogens is 1. The lowest BCUT2D eigenvalue weighted by atomic mass is 10.2. The van der Waals surface area contributed by atoms with Crippen LogP contribution in [0, 0.1) is 0 Å². The molecule has 0 heterocycles. The summed E-state index contributed by atoms with van der Waals surface area (Å²) in [6, 6.07) is 14.4. The molecule has 0 saturated carbocycles. The van der Waals surface area contributed by atoms with Gasteiger partial charge in [-0.1, -0.05) is 41.9 Å². The molecular weight excluding hydrogens is 430 g/mol. The molecule has 0 radical (unpaired) electrons. The Morgan fingerprint density at radius 2 is 1.69 bits per heavy atom. The molecule has 0 aliphatic heterocycles. The largest absolute Gasteiger partial charge is 0.444 e. The molecule has 2 aromatic carbocycles. The molecule has 3 amide bonds. The van der Waals surface area contributed by atoms with E-state index in [2.05, 4.69) is 16.0 Å². The molecule has 0 saturated heterocycles. The van der Waals surface area contributed by atoms with E-state index in [0.29, 0.717) is 17.3 Å². The van der Waals surface area contributed by atoms with Gasteiger partial charge in [0.05, 0.1) is 0 Å². The first kappa shape index (κ1) is 24.9. The van der Waals surface area contributed by atoms with Crippen LogP contribution in [0.1, 0.15) is 38.3 Å². The average Bonchev–Trinajstić information content (AvgIpc) is 2.71. The molecule has 0 fully saturated rings. The lowest BCUT2D eigenvalue weighted by Gasteiger charge is -2.19. The van der Waals surface area contributed by atoms with Crippen molar-refractivity contribution >= 4 is 41.3 Å². The standard InChI is InChI=1S/C24H28ClN3O4/c1-24(2,3)32-23(31)26-15-14-21(29)27-16-17-8-11-19(12-9-17)28-22(30)13-10-18-6-4-5-7-20(18)25/h4-13H,14-16H2,1-3H3,(H,26,31)(H,27,29)(H,28,30)/b13-10+. The third kappa shape index (κ3) is 9.66. The maximum atomic E-state index is 12.1. The summed E-state index contributed by atoms with van der Waals surface area (Å²) in [5.41, 5.74) is 1.69. The van der Waals surface area contributed by atoms with Crippen LogP contribution in [0.3, 0.4) is 0 Å². The minimum absolute atomic E-state index is 0.144. The number of ether oxygens (including phenoxy) is 1. The van der Waals surface area contributed by atoms with Crippen LogP contribution in [0.2, 0.25) is 5.02 Å². The van der Waals surface area contributed by atoms with E-state index in [9.17, 15) is 14.4 Å². The van der Waals surface area contributed by atoms with Gasteiger partial charge in [-0.2, -0.15) is 0 Å². The van der Waals surface area contributed by atoms with Crippen molar-refractivity contribution in [2.24, 2.45) is 0 Å². The quantitative estimate of drug-likeness (QED) is 0.507. The SMILES string of the molecule is CC(C)(C)OC(=O)NCCC(=O)NCc1ccc(NC(=O)/C=C/c2ccccc2Cl)cc1. The molecule has 32 heavy (non-hydrogen) atoms. The van der Waals surface area contributed by atoms with Gasteiger partial charge in [-0.15, -0.1) is 0 Å². The van der Waals surface area contributed by atoms with Gasteiger partial charge < -0.3 is 20.7 Å². The maximum absolute atomic E-state index is 12.1. The van der Waals surface area contributed by atoms with Gasteiger partial charge >= 0.3 is 6.09 Å². The fourth-order valence-electron chi connectivity index (χ4n) is 2.55. The topological polar surface area (TPSA) is 96.5 Å². The van der Waals surface area contributed by atoms with Gasteiger partial charge in [-0.25, -0.2) is 4.79 Å². The highest BCUT2D eigenvalue weighted by atomic mass is 35.5. The summed E-state index contributed by atoms with van der Waals surface area (Å²) in [6.07, 6.45) is 2.66. The second kappa shape index (κ2) is 11.9. The molecule has 0 aliphatic rings. The van der Waals surface area contributed by atoms with E-state index in [1.807, 2.05) is 30.3 Å². The summed E-state index contributed by atoms with van der Waals surface area (Å²) in [6.45, 7) is 5.84. The van der Waals surface area contributed by atoms with Crippen LogP contribution in [0.4, 0.5) is 10.5 Å². The monoisotopic (exact) mass is 457 g/mol. The maximum Gasteiger partial charge on any atom is 0.407 e. The minimum Gasteiger partial charge on any atom is -0.444 e. The highest BCUT2D eigenvalue weighted by Gasteiger charge is 2.15. The first-order chi connectivity index (χ1) is 15.1. The Kier molecular flexibility index (Phi) is 9.28. The van der Waals surface area contributed by atoms with Gasteiger partial charge in [-0.3, -0.25) is 9.59 Å². The normalized spacial score (nSPS) is 11.1. The van der Waals surface area contributed by atoms with Crippen molar-refractivity contribution in [1.29, 1.82) is 0 Å². The lowest BCUT2D eigenvalue weighted by molar-refractivity contribution is -0.121. The molecular formula is C24H28ClN3O4. The van der Waals surface area contributed by atoms with Crippen molar-refractivity contribution < 1.29 is 19.1 Å². The van der Waals surface area contributed by atoms with E-state index in [1.165, 1.54) is 6.08 Å². The molecule has 0 bridgehead atoms. The average molecular weight is 458 g/mol. The van der Waals surface area contributed by atoms with Gasteiger partial charge in [0.2, 0.25) is 11.8 Å². The third-order valence-electron chi connectivity index (χ3n) is 4.05. The van der Waals surface area contributed by atoms with E-state index in [0.717, 1.165) is 11.1 Å². The predicted molar refractivity (Wildman–Crippen MR) is 126 cm³/mol. The van der Waals surface area contributed by atoms with E-state index >= 15 is 0 Å². The third-order valence-corrected chi connectivity index (χ3v) is 4.40. The van der Waals surface area contributed by atoms with Crippen molar-refractivity contribution in [3.05, 3.63) is 70.8 Å². The summed E-state index contributed by atoms with van der Waals surface area (Å²) in [7, 11) is 0. The van der Waals surface area contributed by atoms with Crippen LogP contribution in [0.25, 0.3) is 6.08 Å². The fourth-order valence-corrected chi connectivity index (χ4v) is 2.75. The number of nitrogens with one attached hydrogen (secondary N) is 3. The van der Waals surface area contributed by atoms with Crippen molar-refractivity contribution in [3.63, 3.8) is 0 Å². The smallest absolute Gasteiger partial charge is 0.407 e. The second-order valence-electron chi connectivity index (χ2n) is 8.00. The lowest BCUT2D eigenvalue weighted by Crippen LogP contribution is -2.35. The Balaban J connectivity index is 1.72. The number of carbonyl (C=O) groups excluding carboxylic acids is 3. The van der Waals surface area contributed by atoms with Crippen LogP contribution >= 0.6 is 11.6 Å². The number of alkyl carbamates (subject to hydrolysis) is 1. The molecule has 0 atom stereocenters. The van der Waals surface area contributed by atoms with Crippen LogP contribution < -0.4 is 16.0 Å². The van der Waals surface area contributed by atoms with E-state index in [-0.39, 0.29) is 24.8 Å². The van der Waals surface area contributed by atoms with Gasteiger partial charge in [-0.05, 0) is 56.2 Å². The Morgan fingerprint density at radius 1 is 1.00 bits per heavy atom. The zero-order valence-electron chi connectivity index (χ0n) is 18.4. The van der Waals surface area contributed by atoms with Crippen LogP contribution in [-0.2, 0) is 20.9 Å². The highest BCUT2D eigenvalue weighted by molar-refractivity contribution is 6.32. The highest BCUT2D eigenvalue weighted by Crippen LogP contribution is 2.16. The zero-order chi connectivity index (χ0) is 23.6. The molecule has 0 aromatic heterocycles. The molecule has 2 rings (SSSR count). The Hall–Kier alpha value is -3.32. The van der Waals surface area contributed by atoms with Crippen molar-refractivity contribution in [2.75, 3.05) is 11.9 Å². The van der Waals surface area contributed by atoms with E-state index < -0.39 is 11.7 Å². The summed E-state index contributed by atoms with van der Waals surface area (Å²) in [5.74, 6) is -0.466. The number of hydrogen-bond donors (Lipinski definition) is 3.